The van der Waals surface area contributed by atoms with Gasteiger partial charge in [-0.2, -0.15) is 8.42 Å². The molecule has 1 aromatic rings. The monoisotopic (exact) mass is 218 g/mol. The van der Waals surface area contributed by atoms with Gasteiger partial charge in [0.15, 0.2) is 0 Å². The number of hydrogen-bond acceptors (Lipinski definition) is 2. The van der Waals surface area contributed by atoms with Crippen LogP contribution >= 0.6 is 0 Å². The van der Waals surface area contributed by atoms with Gasteiger partial charge in [-0.25, -0.2) is 4.39 Å². The third-order valence-corrected chi connectivity index (χ3v) is 2.80. The Hall–Kier alpha value is -0.940. The molecule has 0 aromatic heterocycles. The normalized spacial score (nSPS) is 13.9. The van der Waals surface area contributed by atoms with Crippen LogP contribution in [0.5, 0.6) is 0 Å². The molecule has 0 aliphatic heterocycles. The van der Waals surface area contributed by atoms with Crippen molar-refractivity contribution in [2.75, 3.05) is 5.75 Å². The van der Waals surface area contributed by atoms with Crippen LogP contribution in [0.15, 0.2) is 24.3 Å². The maximum absolute atomic E-state index is 12.7. The summed E-state index contributed by atoms with van der Waals surface area (Å²) in [7, 11) is -4.01. The van der Waals surface area contributed by atoms with Gasteiger partial charge in [-0.05, 0) is 23.6 Å². The zero-order valence-electron chi connectivity index (χ0n) is 7.64. The summed E-state index contributed by atoms with van der Waals surface area (Å²) >= 11 is 0. The van der Waals surface area contributed by atoms with Gasteiger partial charge in [0, 0.05) is 0 Å². The van der Waals surface area contributed by atoms with Crippen LogP contribution in [-0.4, -0.2) is 18.7 Å². The lowest BCUT2D eigenvalue weighted by Crippen LogP contribution is -2.11. The maximum Gasteiger partial charge on any atom is 0.265 e. The molecule has 1 rings (SSSR count). The summed E-state index contributed by atoms with van der Waals surface area (Å²) in [5.41, 5.74) is 0.558. The van der Waals surface area contributed by atoms with Crippen LogP contribution in [0.3, 0.4) is 0 Å². The van der Waals surface area contributed by atoms with Crippen LogP contribution in [0.4, 0.5) is 4.39 Å². The smallest absolute Gasteiger partial charge is 0.265 e. The molecule has 1 aromatic carbocycles. The molecule has 0 aliphatic rings. The minimum Gasteiger partial charge on any atom is -0.286 e. The lowest BCUT2D eigenvalue weighted by Gasteiger charge is -2.09. The van der Waals surface area contributed by atoms with Crippen molar-refractivity contribution >= 4 is 10.1 Å². The summed E-state index contributed by atoms with van der Waals surface area (Å²) in [6.45, 7) is 1.61. The molecule has 0 saturated heterocycles. The van der Waals surface area contributed by atoms with Crippen molar-refractivity contribution < 1.29 is 17.4 Å². The molecule has 1 unspecified atom stereocenters. The molecule has 0 heterocycles. The molecular weight excluding hydrogens is 207 g/mol. The van der Waals surface area contributed by atoms with Crippen molar-refractivity contribution in [1.82, 2.24) is 0 Å². The third-order valence-electron chi connectivity index (χ3n) is 1.88. The molecule has 1 N–H and O–H groups in total. The van der Waals surface area contributed by atoms with Crippen molar-refractivity contribution in [3.63, 3.8) is 0 Å². The third kappa shape index (κ3) is 3.43. The number of halogens is 1. The average molecular weight is 218 g/mol. The van der Waals surface area contributed by atoms with E-state index in [1.54, 1.807) is 13.0 Å². The Morgan fingerprint density at radius 1 is 1.50 bits per heavy atom. The van der Waals surface area contributed by atoms with Crippen LogP contribution in [0.1, 0.15) is 18.4 Å². The summed E-state index contributed by atoms with van der Waals surface area (Å²) in [5.74, 6) is -1.22. The first-order valence-electron chi connectivity index (χ1n) is 4.09. The molecule has 14 heavy (non-hydrogen) atoms. The fourth-order valence-corrected chi connectivity index (χ4v) is 2.05. The van der Waals surface area contributed by atoms with E-state index in [4.69, 9.17) is 4.55 Å². The predicted molar refractivity (Wildman–Crippen MR) is 51.2 cm³/mol. The van der Waals surface area contributed by atoms with E-state index >= 15 is 0 Å². The van der Waals surface area contributed by atoms with E-state index < -0.39 is 27.6 Å². The first-order chi connectivity index (χ1) is 6.38. The summed E-state index contributed by atoms with van der Waals surface area (Å²) in [4.78, 5) is 0. The van der Waals surface area contributed by atoms with Crippen LogP contribution in [0.25, 0.3) is 0 Å². The second-order valence-corrected chi connectivity index (χ2v) is 4.70. The Bertz CT molecular complexity index is 414. The van der Waals surface area contributed by atoms with Gasteiger partial charge in [0.25, 0.3) is 10.1 Å². The Kier molecular flexibility index (Phi) is 3.23. The fourth-order valence-electron chi connectivity index (χ4n) is 1.23. The predicted octanol–water partition coefficient (Wildman–Crippen LogP) is 1.82. The van der Waals surface area contributed by atoms with Crippen molar-refractivity contribution in [3.05, 3.63) is 35.6 Å². The highest BCUT2D eigenvalue weighted by Gasteiger charge is 2.14. The molecule has 0 saturated carbocycles. The maximum atomic E-state index is 12.7. The van der Waals surface area contributed by atoms with Gasteiger partial charge >= 0.3 is 0 Å². The largest absolute Gasteiger partial charge is 0.286 e. The van der Waals surface area contributed by atoms with E-state index in [1.165, 1.54) is 18.2 Å². The molecular formula is C9H11FO3S. The number of benzene rings is 1. The molecule has 1 atom stereocenters. The van der Waals surface area contributed by atoms with E-state index in [9.17, 15) is 12.8 Å². The summed E-state index contributed by atoms with van der Waals surface area (Å²) in [6.07, 6.45) is 0. The quantitative estimate of drug-likeness (QED) is 0.787. The Morgan fingerprint density at radius 3 is 2.64 bits per heavy atom. The van der Waals surface area contributed by atoms with Crippen molar-refractivity contribution in [1.29, 1.82) is 0 Å². The average Bonchev–Trinajstić information content (AvgIpc) is 2.01. The van der Waals surface area contributed by atoms with Gasteiger partial charge in [0.05, 0.1) is 5.75 Å². The molecule has 78 valence electrons. The molecule has 0 spiro atoms. The second-order valence-electron chi connectivity index (χ2n) is 3.20. The minimum absolute atomic E-state index is 0.392. The highest BCUT2D eigenvalue weighted by Crippen LogP contribution is 2.17. The SMILES string of the molecule is CC(CS(=O)(=O)O)c1cccc(F)c1. The first-order valence-corrected chi connectivity index (χ1v) is 5.70. The van der Waals surface area contributed by atoms with Crippen LogP contribution < -0.4 is 0 Å². The molecule has 3 nitrogen and oxygen atoms in total. The number of hydrogen-bond donors (Lipinski definition) is 1. The van der Waals surface area contributed by atoms with Crippen molar-refractivity contribution in [2.45, 2.75) is 12.8 Å². The van der Waals surface area contributed by atoms with E-state index in [0.29, 0.717) is 5.56 Å². The Balaban J connectivity index is 2.85. The zero-order valence-corrected chi connectivity index (χ0v) is 8.46. The summed E-state index contributed by atoms with van der Waals surface area (Å²) < 4.78 is 42.5. The van der Waals surface area contributed by atoms with Gasteiger partial charge in [0.2, 0.25) is 0 Å². The van der Waals surface area contributed by atoms with Crippen LogP contribution in [-0.2, 0) is 10.1 Å². The van der Waals surface area contributed by atoms with Gasteiger partial charge in [-0.3, -0.25) is 4.55 Å². The van der Waals surface area contributed by atoms with Crippen LogP contribution in [0, 0.1) is 5.82 Å². The fraction of sp³-hybridized carbons (Fsp3) is 0.333. The first kappa shape index (κ1) is 11.1. The van der Waals surface area contributed by atoms with Crippen LogP contribution in [0.2, 0.25) is 0 Å². The number of rotatable bonds is 3. The molecule has 0 fully saturated rings. The summed E-state index contributed by atoms with van der Waals surface area (Å²) in [6, 6.07) is 5.67. The van der Waals surface area contributed by atoms with E-state index in [-0.39, 0.29) is 0 Å². The molecule has 0 aliphatic carbocycles. The minimum atomic E-state index is -4.01. The molecule has 5 heteroatoms. The lowest BCUT2D eigenvalue weighted by atomic mass is 10.0. The van der Waals surface area contributed by atoms with Gasteiger partial charge in [-0.15, -0.1) is 0 Å². The molecule has 0 amide bonds. The second kappa shape index (κ2) is 4.06. The van der Waals surface area contributed by atoms with Gasteiger partial charge in [0.1, 0.15) is 5.82 Å². The molecule has 0 radical (unpaired) electrons. The standard InChI is InChI=1S/C9H11FO3S/c1-7(6-14(11,12)13)8-3-2-4-9(10)5-8/h2-5,7H,6H2,1H3,(H,11,12,13). The lowest BCUT2D eigenvalue weighted by molar-refractivity contribution is 0.478. The Morgan fingerprint density at radius 2 is 2.14 bits per heavy atom. The van der Waals surface area contributed by atoms with Crippen molar-refractivity contribution in [2.24, 2.45) is 0 Å². The topological polar surface area (TPSA) is 54.4 Å². The Labute approximate surface area is 82.3 Å². The molecule has 0 bridgehead atoms. The van der Waals surface area contributed by atoms with Crippen molar-refractivity contribution in [3.8, 4) is 0 Å². The van der Waals surface area contributed by atoms with E-state index in [0.717, 1.165) is 0 Å². The van der Waals surface area contributed by atoms with Gasteiger partial charge in [-0.1, -0.05) is 19.1 Å². The zero-order chi connectivity index (χ0) is 10.8. The van der Waals surface area contributed by atoms with E-state index in [2.05, 4.69) is 0 Å². The summed E-state index contributed by atoms with van der Waals surface area (Å²) in [5, 5.41) is 0. The highest BCUT2D eigenvalue weighted by atomic mass is 32.2. The van der Waals surface area contributed by atoms with Gasteiger partial charge < -0.3 is 0 Å². The van der Waals surface area contributed by atoms with E-state index in [1.807, 2.05) is 0 Å². The highest BCUT2D eigenvalue weighted by molar-refractivity contribution is 7.85.